The highest BCUT2D eigenvalue weighted by molar-refractivity contribution is 9.10. The first kappa shape index (κ1) is 15.4. The standard InChI is InChI=1S/C11H16BrNO4S2/c1-11(2)7-13(3-4-18-11)19(15,16)9-5-8(6-14)17-10(9)12/h5,14H,3-4,6-7H2,1-2H3. The van der Waals surface area contributed by atoms with Crippen LogP contribution in [0.2, 0.25) is 0 Å². The van der Waals surface area contributed by atoms with E-state index in [1.165, 1.54) is 10.4 Å². The number of sulfonamides is 1. The molecule has 2 heterocycles. The number of halogens is 1. The van der Waals surface area contributed by atoms with Crippen LogP contribution in [0.15, 0.2) is 20.0 Å². The zero-order valence-electron chi connectivity index (χ0n) is 10.7. The van der Waals surface area contributed by atoms with E-state index in [-0.39, 0.29) is 26.7 Å². The van der Waals surface area contributed by atoms with Gasteiger partial charge in [-0.1, -0.05) is 0 Å². The molecule has 8 heteroatoms. The maximum atomic E-state index is 12.6. The Balaban J connectivity index is 2.34. The maximum Gasteiger partial charge on any atom is 0.247 e. The highest BCUT2D eigenvalue weighted by atomic mass is 79.9. The lowest BCUT2D eigenvalue weighted by Crippen LogP contribution is -2.46. The van der Waals surface area contributed by atoms with Crippen molar-refractivity contribution in [2.45, 2.75) is 30.1 Å². The van der Waals surface area contributed by atoms with Crippen molar-refractivity contribution in [3.8, 4) is 0 Å². The number of hydrogen-bond acceptors (Lipinski definition) is 5. The summed E-state index contributed by atoms with van der Waals surface area (Å²) in [6, 6.07) is 1.37. The molecule has 0 aromatic carbocycles. The number of furan rings is 1. The van der Waals surface area contributed by atoms with Gasteiger partial charge in [0.2, 0.25) is 10.0 Å². The molecule has 108 valence electrons. The fourth-order valence-electron chi connectivity index (χ4n) is 1.97. The van der Waals surface area contributed by atoms with Gasteiger partial charge < -0.3 is 9.52 Å². The molecule has 0 aliphatic carbocycles. The fourth-order valence-corrected chi connectivity index (χ4v) is 5.84. The molecule has 0 radical (unpaired) electrons. The van der Waals surface area contributed by atoms with Crippen LogP contribution in [0.1, 0.15) is 19.6 Å². The molecule has 0 amide bonds. The molecule has 1 aromatic heterocycles. The summed E-state index contributed by atoms with van der Waals surface area (Å²) in [5.74, 6) is 1.00. The third kappa shape index (κ3) is 3.18. The van der Waals surface area contributed by atoms with Crippen molar-refractivity contribution >= 4 is 37.7 Å². The molecular weight excluding hydrogens is 354 g/mol. The van der Waals surface area contributed by atoms with E-state index in [4.69, 9.17) is 9.52 Å². The molecule has 2 rings (SSSR count). The lowest BCUT2D eigenvalue weighted by molar-refractivity contribution is 0.245. The quantitative estimate of drug-likeness (QED) is 0.882. The van der Waals surface area contributed by atoms with Gasteiger partial charge in [0.1, 0.15) is 17.3 Å². The number of thioether (sulfide) groups is 1. The minimum absolute atomic E-state index is 0.0826. The summed E-state index contributed by atoms with van der Waals surface area (Å²) in [6.07, 6.45) is 0. The van der Waals surface area contributed by atoms with Crippen LogP contribution in [-0.4, -0.2) is 41.4 Å². The van der Waals surface area contributed by atoms with Crippen molar-refractivity contribution in [3.05, 3.63) is 16.5 Å². The molecule has 1 aliphatic rings. The predicted molar refractivity (Wildman–Crippen MR) is 77.6 cm³/mol. The summed E-state index contributed by atoms with van der Waals surface area (Å²) in [4.78, 5) is 0.0826. The van der Waals surface area contributed by atoms with Crippen LogP contribution in [0, 0.1) is 0 Å². The monoisotopic (exact) mass is 369 g/mol. The van der Waals surface area contributed by atoms with Gasteiger partial charge in [-0.25, -0.2) is 8.42 Å². The maximum absolute atomic E-state index is 12.6. The van der Waals surface area contributed by atoms with E-state index in [1.54, 1.807) is 11.8 Å². The van der Waals surface area contributed by atoms with Crippen molar-refractivity contribution in [1.82, 2.24) is 4.31 Å². The van der Waals surface area contributed by atoms with Gasteiger partial charge in [-0.2, -0.15) is 16.1 Å². The average molecular weight is 370 g/mol. The highest BCUT2D eigenvalue weighted by Crippen LogP contribution is 2.35. The highest BCUT2D eigenvalue weighted by Gasteiger charge is 2.36. The van der Waals surface area contributed by atoms with Crippen LogP contribution in [0.4, 0.5) is 0 Å². The van der Waals surface area contributed by atoms with E-state index < -0.39 is 10.0 Å². The molecule has 0 atom stereocenters. The largest absolute Gasteiger partial charge is 0.450 e. The first-order chi connectivity index (χ1) is 8.76. The smallest absolute Gasteiger partial charge is 0.247 e. The van der Waals surface area contributed by atoms with Crippen molar-refractivity contribution in [1.29, 1.82) is 0 Å². The van der Waals surface area contributed by atoms with Gasteiger partial charge in [0.15, 0.2) is 4.67 Å². The Labute approximate surface area is 125 Å². The molecule has 0 spiro atoms. The molecule has 1 aromatic rings. The Morgan fingerprint density at radius 3 is 2.79 bits per heavy atom. The minimum Gasteiger partial charge on any atom is -0.450 e. The van der Waals surface area contributed by atoms with Crippen molar-refractivity contribution < 1.29 is 17.9 Å². The van der Waals surface area contributed by atoms with Gasteiger partial charge in [0.05, 0.1) is 0 Å². The SMILES string of the molecule is CC1(C)CN(S(=O)(=O)c2cc(CO)oc2Br)CCS1. The number of rotatable bonds is 3. The zero-order chi connectivity index (χ0) is 14.3. The first-order valence-corrected chi connectivity index (χ1v) is 9.01. The van der Waals surface area contributed by atoms with E-state index in [0.29, 0.717) is 13.1 Å². The fraction of sp³-hybridized carbons (Fsp3) is 0.636. The summed E-state index contributed by atoms with van der Waals surface area (Å²) >= 11 is 4.87. The molecule has 5 nitrogen and oxygen atoms in total. The molecular formula is C11H16BrNO4S2. The van der Waals surface area contributed by atoms with Crippen LogP contribution in [0.5, 0.6) is 0 Å². The molecule has 0 bridgehead atoms. The van der Waals surface area contributed by atoms with Crippen LogP contribution in [0.25, 0.3) is 0 Å². The predicted octanol–water partition coefficient (Wildman–Crippen LogP) is 2.05. The van der Waals surface area contributed by atoms with Gasteiger partial charge in [-0.15, -0.1) is 0 Å². The zero-order valence-corrected chi connectivity index (χ0v) is 13.9. The third-order valence-electron chi connectivity index (χ3n) is 2.87. The van der Waals surface area contributed by atoms with E-state index in [1.807, 2.05) is 13.8 Å². The third-order valence-corrected chi connectivity index (χ3v) is 6.87. The second-order valence-electron chi connectivity index (χ2n) is 4.96. The molecule has 0 saturated carbocycles. The van der Waals surface area contributed by atoms with Crippen molar-refractivity contribution in [3.63, 3.8) is 0 Å². The van der Waals surface area contributed by atoms with E-state index in [2.05, 4.69) is 15.9 Å². The van der Waals surface area contributed by atoms with E-state index >= 15 is 0 Å². The summed E-state index contributed by atoms with van der Waals surface area (Å²) in [6.45, 7) is 4.69. The van der Waals surface area contributed by atoms with Crippen LogP contribution < -0.4 is 0 Å². The Hall–Kier alpha value is -0.0200. The van der Waals surface area contributed by atoms with Crippen molar-refractivity contribution in [2.24, 2.45) is 0 Å². The van der Waals surface area contributed by atoms with E-state index in [9.17, 15) is 8.42 Å². The van der Waals surface area contributed by atoms with Crippen LogP contribution >= 0.6 is 27.7 Å². The number of aliphatic hydroxyl groups excluding tert-OH is 1. The van der Waals surface area contributed by atoms with Crippen LogP contribution in [-0.2, 0) is 16.6 Å². The summed E-state index contributed by atoms with van der Waals surface area (Å²) in [5, 5.41) is 9.01. The Bertz CT molecular complexity index is 567. The molecule has 19 heavy (non-hydrogen) atoms. The van der Waals surface area contributed by atoms with Gasteiger partial charge in [0.25, 0.3) is 0 Å². The second-order valence-corrected chi connectivity index (χ2v) is 9.38. The minimum atomic E-state index is -3.58. The summed E-state index contributed by atoms with van der Waals surface area (Å²) in [7, 11) is -3.58. The van der Waals surface area contributed by atoms with Gasteiger partial charge in [-0.05, 0) is 29.8 Å². The number of hydrogen-bond donors (Lipinski definition) is 1. The number of aliphatic hydroxyl groups is 1. The van der Waals surface area contributed by atoms with Gasteiger partial charge in [-0.3, -0.25) is 0 Å². The average Bonchev–Trinajstić information content (AvgIpc) is 2.70. The summed E-state index contributed by atoms with van der Waals surface area (Å²) < 4.78 is 31.8. The molecule has 0 unspecified atom stereocenters. The summed E-state index contributed by atoms with van der Waals surface area (Å²) in [5.41, 5.74) is 0. The van der Waals surface area contributed by atoms with Gasteiger partial charge in [0, 0.05) is 29.7 Å². The first-order valence-electron chi connectivity index (χ1n) is 5.79. The van der Waals surface area contributed by atoms with E-state index in [0.717, 1.165) is 5.75 Å². The molecule has 1 aliphatic heterocycles. The normalized spacial score (nSPS) is 20.6. The number of nitrogens with zero attached hydrogens (tertiary/aromatic N) is 1. The Kier molecular flexibility index (Phi) is 4.37. The lowest BCUT2D eigenvalue weighted by atomic mass is 10.2. The lowest BCUT2D eigenvalue weighted by Gasteiger charge is -2.36. The second kappa shape index (κ2) is 5.40. The molecule has 1 fully saturated rings. The van der Waals surface area contributed by atoms with Crippen molar-refractivity contribution in [2.75, 3.05) is 18.8 Å². The molecule has 1 N–H and O–H groups in total. The van der Waals surface area contributed by atoms with Gasteiger partial charge >= 0.3 is 0 Å². The Morgan fingerprint density at radius 2 is 2.26 bits per heavy atom. The topological polar surface area (TPSA) is 70.8 Å². The van der Waals surface area contributed by atoms with Crippen LogP contribution in [0.3, 0.4) is 0 Å². The Morgan fingerprint density at radius 1 is 1.58 bits per heavy atom. The molecule has 1 saturated heterocycles.